The average Bonchev–Trinajstić information content (AvgIpc) is 3.36. The summed E-state index contributed by atoms with van der Waals surface area (Å²) in [5, 5.41) is 22.5. The molecular formula is C26H31ClN8O. The van der Waals surface area contributed by atoms with Gasteiger partial charge in [0.05, 0.1) is 34.7 Å². The van der Waals surface area contributed by atoms with Crippen LogP contribution in [0.3, 0.4) is 0 Å². The maximum Gasteiger partial charge on any atom is 0.203 e. The van der Waals surface area contributed by atoms with Crippen molar-refractivity contribution in [2.45, 2.75) is 25.7 Å². The highest BCUT2D eigenvalue weighted by molar-refractivity contribution is 6.34. The fourth-order valence-corrected chi connectivity index (χ4v) is 5.56. The van der Waals surface area contributed by atoms with Crippen molar-refractivity contribution in [3.8, 4) is 11.5 Å². The number of piperidine rings is 1. The van der Waals surface area contributed by atoms with Crippen molar-refractivity contribution < 1.29 is 4.74 Å². The summed E-state index contributed by atoms with van der Waals surface area (Å²) in [7, 11) is 1.73. The third kappa shape index (κ3) is 4.36. The molecule has 1 aromatic carbocycles. The van der Waals surface area contributed by atoms with E-state index in [1.165, 1.54) is 18.4 Å². The number of aryl methyl sites for hydroxylation is 1. The first-order chi connectivity index (χ1) is 17.7. The number of rotatable bonds is 7. The predicted octanol–water partition coefficient (Wildman–Crippen LogP) is 3.80. The molecule has 3 aromatic heterocycles. The van der Waals surface area contributed by atoms with E-state index in [1.54, 1.807) is 7.11 Å². The van der Waals surface area contributed by atoms with E-state index in [9.17, 15) is 0 Å². The molecule has 0 unspecified atom stereocenters. The topological polar surface area (TPSA) is 92.5 Å². The number of nitrogens with zero attached hydrogens (tertiary/aromatic N) is 6. The van der Waals surface area contributed by atoms with Crippen molar-refractivity contribution in [3.63, 3.8) is 0 Å². The smallest absolute Gasteiger partial charge is 0.203 e. The van der Waals surface area contributed by atoms with Gasteiger partial charge in [-0.2, -0.15) is 9.61 Å². The number of pyridine rings is 1. The van der Waals surface area contributed by atoms with Gasteiger partial charge < -0.3 is 20.3 Å². The molecule has 0 aliphatic carbocycles. The van der Waals surface area contributed by atoms with Crippen molar-refractivity contribution in [2.75, 3.05) is 56.7 Å². The minimum atomic E-state index is 0.625. The lowest BCUT2D eigenvalue weighted by molar-refractivity contribution is 0.205. The SMILES string of the molecule is COCCN1CCCc2c1cnn1c(-c3ccc4ccc(Cl)c(NCC5CCNCC5)c4n3)nnc21. The first-order valence-electron chi connectivity index (χ1n) is 12.7. The summed E-state index contributed by atoms with van der Waals surface area (Å²) in [4.78, 5) is 7.33. The molecule has 2 aliphatic heterocycles. The third-order valence-electron chi connectivity index (χ3n) is 7.34. The maximum atomic E-state index is 6.65. The minimum absolute atomic E-state index is 0.625. The number of hydrogen-bond donors (Lipinski definition) is 2. The van der Waals surface area contributed by atoms with Gasteiger partial charge in [-0.15, -0.1) is 10.2 Å². The Balaban J connectivity index is 1.36. The number of hydrogen-bond acceptors (Lipinski definition) is 8. The number of methoxy groups -OCH3 is 1. The van der Waals surface area contributed by atoms with Crippen LogP contribution in [0.4, 0.5) is 11.4 Å². The van der Waals surface area contributed by atoms with E-state index < -0.39 is 0 Å². The van der Waals surface area contributed by atoms with Crippen LogP contribution in [0.15, 0.2) is 30.5 Å². The molecule has 1 fully saturated rings. The van der Waals surface area contributed by atoms with Gasteiger partial charge in [0.2, 0.25) is 5.82 Å². The summed E-state index contributed by atoms with van der Waals surface area (Å²) < 4.78 is 7.11. The lowest BCUT2D eigenvalue weighted by Crippen LogP contribution is -2.33. The fraction of sp³-hybridized carbons (Fsp3) is 0.462. The van der Waals surface area contributed by atoms with Crippen LogP contribution in [0, 0.1) is 5.92 Å². The Kier molecular flexibility index (Phi) is 6.60. The number of fused-ring (bicyclic) bond motifs is 4. The standard InChI is InChI=1S/C26H31ClN8O/c1-36-14-13-34-12-2-3-19-22(34)16-30-35-25(19)32-33-26(35)21-7-5-18-4-6-20(27)24(23(18)31-21)29-15-17-8-10-28-11-9-17/h4-7,16-17,28-29H,2-3,8-15H2,1H3. The summed E-state index contributed by atoms with van der Waals surface area (Å²) in [5.41, 5.74) is 5.53. The zero-order valence-electron chi connectivity index (χ0n) is 20.5. The van der Waals surface area contributed by atoms with Crippen molar-refractivity contribution in [1.29, 1.82) is 0 Å². The van der Waals surface area contributed by atoms with Crippen LogP contribution in [0.2, 0.25) is 5.02 Å². The summed E-state index contributed by atoms with van der Waals surface area (Å²) in [6.07, 6.45) is 6.27. The number of anilines is 2. The fourth-order valence-electron chi connectivity index (χ4n) is 5.34. The Morgan fingerprint density at radius 1 is 1.17 bits per heavy atom. The van der Waals surface area contributed by atoms with Crippen LogP contribution in [0.5, 0.6) is 0 Å². The molecule has 1 saturated heterocycles. The molecule has 5 heterocycles. The minimum Gasteiger partial charge on any atom is -0.383 e. The van der Waals surface area contributed by atoms with Crippen molar-refractivity contribution >= 4 is 39.5 Å². The number of halogens is 1. The Morgan fingerprint density at radius 3 is 2.89 bits per heavy atom. The van der Waals surface area contributed by atoms with E-state index in [-0.39, 0.29) is 0 Å². The second-order valence-corrected chi connectivity index (χ2v) is 10.0. The quantitative estimate of drug-likeness (QED) is 0.391. The third-order valence-corrected chi connectivity index (χ3v) is 7.66. The normalized spacial score (nSPS) is 16.6. The second-order valence-electron chi connectivity index (χ2n) is 9.62. The molecule has 0 radical (unpaired) electrons. The highest BCUT2D eigenvalue weighted by atomic mass is 35.5. The van der Waals surface area contributed by atoms with Gasteiger partial charge in [-0.1, -0.05) is 23.7 Å². The molecule has 0 spiro atoms. The molecule has 4 aromatic rings. The van der Waals surface area contributed by atoms with Crippen LogP contribution in [-0.2, 0) is 11.2 Å². The first-order valence-corrected chi connectivity index (χ1v) is 13.1. The molecule has 6 rings (SSSR count). The molecule has 0 atom stereocenters. The molecular weight excluding hydrogens is 476 g/mol. The van der Waals surface area contributed by atoms with Gasteiger partial charge in [0.15, 0.2) is 5.65 Å². The van der Waals surface area contributed by atoms with Gasteiger partial charge in [-0.05, 0) is 56.8 Å². The van der Waals surface area contributed by atoms with Gasteiger partial charge in [0.1, 0.15) is 5.69 Å². The zero-order valence-corrected chi connectivity index (χ0v) is 21.3. The molecule has 36 heavy (non-hydrogen) atoms. The van der Waals surface area contributed by atoms with Crippen LogP contribution >= 0.6 is 11.6 Å². The highest BCUT2D eigenvalue weighted by Crippen LogP contribution is 2.33. The average molecular weight is 507 g/mol. The van der Waals surface area contributed by atoms with E-state index in [1.807, 2.05) is 28.9 Å². The monoisotopic (exact) mass is 506 g/mol. The van der Waals surface area contributed by atoms with Crippen LogP contribution in [0.25, 0.3) is 28.1 Å². The Labute approximate surface area is 215 Å². The number of benzene rings is 1. The van der Waals surface area contributed by atoms with Gasteiger partial charge in [-0.3, -0.25) is 0 Å². The zero-order chi connectivity index (χ0) is 24.5. The van der Waals surface area contributed by atoms with E-state index in [0.717, 1.165) is 79.2 Å². The second kappa shape index (κ2) is 10.2. The van der Waals surface area contributed by atoms with Crippen LogP contribution in [-0.4, -0.2) is 71.2 Å². The van der Waals surface area contributed by atoms with Gasteiger partial charge in [0, 0.05) is 37.7 Å². The number of ether oxygens (including phenoxy) is 1. The molecule has 188 valence electrons. The van der Waals surface area contributed by atoms with Crippen molar-refractivity contribution in [1.82, 2.24) is 30.1 Å². The Morgan fingerprint density at radius 2 is 2.03 bits per heavy atom. The van der Waals surface area contributed by atoms with E-state index in [4.69, 9.17) is 26.4 Å². The van der Waals surface area contributed by atoms with E-state index in [2.05, 4.69) is 31.8 Å². The summed E-state index contributed by atoms with van der Waals surface area (Å²) in [5.74, 6) is 1.26. The summed E-state index contributed by atoms with van der Waals surface area (Å²) in [6.45, 7) is 5.53. The largest absolute Gasteiger partial charge is 0.383 e. The van der Waals surface area contributed by atoms with E-state index >= 15 is 0 Å². The van der Waals surface area contributed by atoms with Crippen molar-refractivity contribution in [2.24, 2.45) is 5.92 Å². The van der Waals surface area contributed by atoms with Crippen LogP contribution < -0.4 is 15.5 Å². The number of nitrogens with one attached hydrogen (secondary N) is 2. The van der Waals surface area contributed by atoms with E-state index in [0.29, 0.717) is 23.4 Å². The van der Waals surface area contributed by atoms with Gasteiger partial charge >= 0.3 is 0 Å². The molecule has 10 heteroatoms. The van der Waals surface area contributed by atoms with Gasteiger partial charge in [0.25, 0.3) is 0 Å². The van der Waals surface area contributed by atoms with Crippen molar-refractivity contribution in [3.05, 3.63) is 41.0 Å². The highest BCUT2D eigenvalue weighted by Gasteiger charge is 2.23. The predicted molar refractivity (Wildman–Crippen MR) is 143 cm³/mol. The number of aromatic nitrogens is 5. The van der Waals surface area contributed by atoms with Crippen LogP contribution in [0.1, 0.15) is 24.8 Å². The van der Waals surface area contributed by atoms with Gasteiger partial charge in [-0.25, -0.2) is 4.98 Å². The molecule has 2 aliphatic rings. The lowest BCUT2D eigenvalue weighted by Gasteiger charge is -2.30. The maximum absolute atomic E-state index is 6.65. The molecule has 0 saturated carbocycles. The Hall–Kier alpha value is -3.01. The first kappa shape index (κ1) is 23.4. The molecule has 0 bridgehead atoms. The lowest BCUT2D eigenvalue weighted by atomic mass is 9.98. The Bertz CT molecular complexity index is 1380. The molecule has 9 nitrogen and oxygen atoms in total. The molecule has 2 N–H and O–H groups in total. The summed E-state index contributed by atoms with van der Waals surface area (Å²) in [6, 6.07) is 7.99. The molecule has 0 amide bonds. The summed E-state index contributed by atoms with van der Waals surface area (Å²) >= 11 is 6.65.